The molecule has 2 rings (SSSR count). The highest BCUT2D eigenvalue weighted by molar-refractivity contribution is 9.10. The number of halogens is 1. The summed E-state index contributed by atoms with van der Waals surface area (Å²) in [5.74, 6) is -0.268. The molecule has 0 aliphatic carbocycles. The van der Waals surface area contributed by atoms with E-state index >= 15 is 0 Å². The minimum atomic E-state index is -0.268. The van der Waals surface area contributed by atoms with E-state index in [4.69, 9.17) is 5.73 Å². The molecule has 1 aromatic rings. The highest BCUT2D eigenvalue weighted by Crippen LogP contribution is 2.32. The van der Waals surface area contributed by atoms with Crippen LogP contribution in [-0.4, -0.2) is 29.1 Å². The van der Waals surface area contributed by atoms with E-state index in [2.05, 4.69) is 15.9 Å². The molecule has 1 fully saturated rings. The van der Waals surface area contributed by atoms with E-state index in [1.165, 1.54) is 4.90 Å². The highest BCUT2D eigenvalue weighted by Gasteiger charge is 2.34. The number of carbonyl (C=O) groups is 2. The monoisotopic (exact) mass is 326 g/mol. The van der Waals surface area contributed by atoms with E-state index in [1.54, 1.807) is 6.08 Å². The molecular formula is C12H11BrN2O2S. The lowest BCUT2D eigenvalue weighted by Gasteiger charge is -2.09. The molecule has 18 heavy (non-hydrogen) atoms. The van der Waals surface area contributed by atoms with Crippen molar-refractivity contribution >= 4 is 44.9 Å². The van der Waals surface area contributed by atoms with Crippen LogP contribution in [0.25, 0.3) is 6.08 Å². The molecule has 0 bridgehead atoms. The third-order valence-corrected chi connectivity index (χ3v) is 3.77. The molecule has 2 amide bonds. The Bertz CT molecular complexity index is 531. The van der Waals surface area contributed by atoms with Crippen molar-refractivity contribution in [1.82, 2.24) is 4.90 Å². The van der Waals surface area contributed by atoms with Gasteiger partial charge < -0.3 is 5.73 Å². The smallest absolute Gasteiger partial charge is 0.293 e. The van der Waals surface area contributed by atoms with Gasteiger partial charge >= 0.3 is 0 Å². The minimum absolute atomic E-state index is 0.258. The Labute approximate surface area is 117 Å². The molecule has 0 spiro atoms. The highest BCUT2D eigenvalue weighted by atomic mass is 79.9. The van der Waals surface area contributed by atoms with Crippen molar-refractivity contribution in [3.05, 3.63) is 39.2 Å². The van der Waals surface area contributed by atoms with Crippen molar-refractivity contribution < 1.29 is 9.59 Å². The van der Waals surface area contributed by atoms with Gasteiger partial charge in [0.2, 0.25) is 0 Å². The first-order valence-corrected chi connectivity index (χ1v) is 6.94. The van der Waals surface area contributed by atoms with Gasteiger partial charge in [-0.15, -0.1) is 0 Å². The van der Waals surface area contributed by atoms with E-state index in [-0.39, 0.29) is 24.2 Å². The number of thioether (sulfide) groups is 1. The van der Waals surface area contributed by atoms with E-state index in [0.717, 1.165) is 21.8 Å². The average Bonchev–Trinajstić information content (AvgIpc) is 2.57. The van der Waals surface area contributed by atoms with Crippen molar-refractivity contribution in [2.24, 2.45) is 5.73 Å². The lowest BCUT2D eigenvalue weighted by Crippen LogP contribution is -2.33. The Morgan fingerprint density at radius 3 is 2.83 bits per heavy atom. The maximum atomic E-state index is 11.9. The van der Waals surface area contributed by atoms with Gasteiger partial charge in [0.15, 0.2) is 0 Å². The van der Waals surface area contributed by atoms with Gasteiger partial charge in [0.25, 0.3) is 11.1 Å². The van der Waals surface area contributed by atoms with Crippen LogP contribution in [0.15, 0.2) is 33.6 Å². The van der Waals surface area contributed by atoms with Gasteiger partial charge in [0.05, 0.1) is 4.91 Å². The van der Waals surface area contributed by atoms with Crippen molar-refractivity contribution in [2.45, 2.75) is 0 Å². The third-order valence-electron chi connectivity index (χ3n) is 2.37. The van der Waals surface area contributed by atoms with Crippen molar-refractivity contribution in [3.8, 4) is 0 Å². The molecule has 1 saturated heterocycles. The predicted octanol–water partition coefficient (Wildman–Crippen LogP) is 2.44. The van der Waals surface area contributed by atoms with Crippen LogP contribution >= 0.6 is 27.7 Å². The Kier molecular flexibility index (Phi) is 4.21. The SMILES string of the molecule is NCCN1C(=O)SC(=Cc2cccc(Br)c2)C1=O. The fraction of sp³-hybridized carbons (Fsp3) is 0.167. The van der Waals surface area contributed by atoms with Crippen LogP contribution < -0.4 is 5.73 Å². The van der Waals surface area contributed by atoms with Crippen LogP contribution in [0.2, 0.25) is 0 Å². The van der Waals surface area contributed by atoms with Crippen molar-refractivity contribution in [2.75, 3.05) is 13.1 Å². The molecule has 1 aromatic carbocycles. The number of hydrogen-bond donors (Lipinski definition) is 1. The maximum Gasteiger partial charge on any atom is 0.293 e. The molecule has 0 radical (unpaired) electrons. The Morgan fingerprint density at radius 2 is 2.17 bits per heavy atom. The number of rotatable bonds is 3. The second-order valence-electron chi connectivity index (χ2n) is 3.68. The number of nitrogens with two attached hydrogens (primary N) is 1. The van der Waals surface area contributed by atoms with Gasteiger partial charge in [-0.25, -0.2) is 0 Å². The second kappa shape index (κ2) is 5.69. The van der Waals surface area contributed by atoms with Gasteiger partial charge in [-0.1, -0.05) is 28.1 Å². The number of carbonyl (C=O) groups excluding carboxylic acids is 2. The first-order valence-electron chi connectivity index (χ1n) is 5.33. The summed E-state index contributed by atoms with van der Waals surface area (Å²) in [6, 6.07) is 7.54. The third kappa shape index (κ3) is 2.82. The Hall–Kier alpha value is -1.11. The summed E-state index contributed by atoms with van der Waals surface area (Å²) in [7, 11) is 0. The van der Waals surface area contributed by atoms with Crippen LogP contribution in [0.1, 0.15) is 5.56 Å². The summed E-state index contributed by atoms with van der Waals surface area (Å²) in [5.41, 5.74) is 6.25. The van der Waals surface area contributed by atoms with Gasteiger partial charge in [-0.05, 0) is 35.5 Å². The summed E-state index contributed by atoms with van der Waals surface area (Å²) in [6.07, 6.45) is 1.71. The van der Waals surface area contributed by atoms with Gasteiger partial charge in [-0.3, -0.25) is 14.5 Å². The number of nitrogens with zero attached hydrogens (tertiary/aromatic N) is 1. The summed E-state index contributed by atoms with van der Waals surface area (Å²) < 4.78 is 0.928. The lowest BCUT2D eigenvalue weighted by atomic mass is 10.2. The van der Waals surface area contributed by atoms with Crippen LogP contribution in [0.3, 0.4) is 0 Å². The van der Waals surface area contributed by atoms with Crippen LogP contribution in [0.4, 0.5) is 4.79 Å². The van der Waals surface area contributed by atoms with E-state index in [1.807, 2.05) is 24.3 Å². The number of hydrogen-bond acceptors (Lipinski definition) is 4. The summed E-state index contributed by atoms with van der Waals surface area (Å²) in [5, 5.41) is -0.258. The molecule has 2 N–H and O–H groups in total. The van der Waals surface area contributed by atoms with Crippen LogP contribution in [0, 0.1) is 0 Å². The molecule has 4 nitrogen and oxygen atoms in total. The fourth-order valence-corrected chi connectivity index (χ4v) is 2.85. The van der Waals surface area contributed by atoms with Crippen molar-refractivity contribution in [1.29, 1.82) is 0 Å². The first-order chi connectivity index (χ1) is 8.61. The zero-order valence-electron chi connectivity index (χ0n) is 9.43. The molecule has 0 unspecified atom stereocenters. The molecule has 1 heterocycles. The van der Waals surface area contributed by atoms with Gasteiger partial charge in [0.1, 0.15) is 0 Å². The molecular weight excluding hydrogens is 316 g/mol. The Morgan fingerprint density at radius 1 is 1.39 bits per heavy atom. The minimum Gasteiger partial charge on any atom is -0.329 e. The number of benzene rings is 1. The largest absolute Gasteiger partial charge is 0.329 e. The molecule has 1 aliphatic rings. The maximum absolute atomic E-state index is 11.9. The molecule has 94 valence electrons. The predicted molar refractivity (Wildman–Crippen MR) is 75.9 cm³/mol. The molecule has 6 heteroatoms. The van der Waals surface area contributed by atoms with Crippen molar-refractivity contribution in [3.63, 3.8) is 0 Å². The van der Waals surface area contributed by atoms with E-state index in [0.29, 0.717) is 4.91 Å². The second-order valence-corrected chi connectivity index (χ2v) is 5.59. The molecule has 1 aliphatic heterocycles. The summed E-state index contributed by atoms with van der Waals surface area (Å²) in [6.45, 7) is 0.544. The summed E-state index contributed by atoms with van der Waals surface area (Å²) in [4.78, 5) is 25.2. The number of amides is 2. The summed E-state index contributed by atoms with van der Waals surface area (Å²) >= 11 is 4.31. The topological polar surface area (TPSA) is 63.4 Å². The Balaban J connectivity index is 2.25. The average molecular weight is 327 g/mol. The number of imide groups is 1. The zero-order chi connectivity index (χ0) is 13.1. The molecule has 0 saturated carbocycles. The van der Waals surface area contributed by atoms with E-state index in [9.17, 15) is 9.59 Å². The van der Waals surface area contributed by atoms with Gasteiger partial charge in [0, 0.05) is 17.6 Å². The normalized spacial score (nSPS) is 17.9. The van der Waals surface area contributed by atoms with E-state index < -0.39 is 0 Å². The first kappa shape index (κ1) is 13.3. The van der Waals surface area contributed by atoms with Crippen LogP contribution in [0.5, 0.6) is 0 Å². The van der Waals surface area contributed by atoms with Crippen LogP contribution in [-0.2, 0) is 4.79 Å². The standard InChI is InChI=1S/C12H11BrN2O2S/c13-9-3-1-2-8(6-9)7-10-11(16)15(5-4-14)12(17)18-10/h1-3,6-7H,4-5,14H2. The fourth-order valence-electron chi connectivity index (χ4n) is 1.57. The zero-order valence-corrected chi connectivity index (χ0v) is 11.8. The molecule has 0 atom stereocenters. The quantitative estimate of drug-likeness (QED) is 0.866. The molecule has 0 aromatic heterocycles. The van der Waals surface area contributed by atoms with Gasteiger partial charge in [-0.2, -0.15) is 0 Å². The lowest BCUT2D eigenvalue weighted by molar-refractivity contribution is -0.122.